The van der Waals surface area contributed by atoms with E-state index in [0.717, 1.165) is 18.4 Å². The summed E-state index contributed by atoms with van der Waals surface area (Å²) in [4.78, 5) is 16.2. The van der Waals surface area contributed by atoms with Gasteiger partial charge in [-0.15, -0.1) is 0 Å². The van der Waals surface area contributed by atoms with Crippen LogP contribution in [-0.2, 0) is 17.1 Å². The maximum atomic E-state index is 13.2. The third-order valence-corrected chi connectivity index (χ3v) is 3.37. The SMILES string of the molecule is CCCCNC(=O)Cn1c(CS)nc2cc(F)ccc21. The van der Waals surface area contributed by atoms with Crippen LogP contribution in [-0.4, -0.2) is 22.0 Å². The molecule has 0 aliphatic rings. The van der Waals surface area contributed by atoms with E-state index in [9.17, 15) is 9.18 Å². The van der Waals surface area contributed by atoms with Crippen LogP contribution in [0.3, 0.4) is 0 Å². The Morgan fingerprint density at radius 3 is 3.00 bits per heavy atom. The van der Waals surface area contributed by atoms with E-state index in [1.807, 2.05) is 0 Å². The van der Waals surface area contributed by atoms with E-state index in [1.54, 1.807) is 10.6 Å². The van der Waals surface area contributed by atoms with Gasteiger partial charge in [0, 0.05) is 18.4 Å². The Morgan fingerprint density at radius 1 is 1.50 bits per heavy atom. The number of nitrogens with zero attached hydrogens (tertiary/aromatic N) is 2. The molecule has 1 aromatic heterocycles. The highest BCUT2D eigenvalue weighted by molar-refractivity contribution is 7.79. The second-order valence-corrected chi connectivity index (χ2v) is 4.93. The van der Waals surface area contributed by atoms with Crippen LogP contribution in [0.1, 0.15) is 25.6 Å². The van der Waals surface area contributed by atoms with Gasteiger partial charge in [-0.05, 0) is 18.6 Å². The Balaban J connectivity index is 2.21. The molecule has 0 fully saturated rings. The van der Waals surface area contributed by atoms with Crippen LogP contribution < -0.4 is 5.32 Å². The maximum absolute atomic E-state index is 13.2. The highest BCUT2D eigenvalue weighted by Crippen LogP contribution is 2.18. The largest absolute Gasteiger partial charge is 0.355 e. The molecule has 2 rings (SSSR count). The first-order chi connectivity index (χ1) is 9.65. The molecule has 1 amide bonds. The van der Waals surface area contributed by atoms with Crippen molar-refractivity contribution in [1.82, 2.24) is 14.9 Å². The Bertz CT molecular complexity index is 612. The number of carbonyl (C=O) groups excluding carboxylic acids is 1. The first kappa shape index (κ1) is 14.8. The van der Waals surface area contributed by atoms with E-state index in [2.05, 4.69) is 29.9 Å². The summed E-state index contributed by atoms with van der Waals surface area (Å²) in [7, 11) is 0. The van der Waals surface area contributed by atoms with E-state index >= 15 is 0 Å². The van der Waals surface area contributed by atoms with Crippen LogP contribution in [0, 0.1) is 5.82 Å². The molecule has 20 heavy (non-hydrogen) atoms. The summed E-state index contributed by atoms with van der Waals surface area (Å²) in [6.45, 7) is 2.93. The van der Waals surface area contributed by atoms with Crippen LogP contribution in [0.25, 0.3) is 11.0 Å². The van der Waals surface area contributed by atoms with Gasteiger partial charge in [-0.25, -0.2) is 9.37 Å². The number of carbonyl (C=O) groups is 1. The molecule has 0 unspecified atom stereocenters. The fourth-order valence-electron chi connectivity index (χ4n) is 2.05. The minimum absolute atomic E-state index is 0.0647. The van der Waals surface area contributed by atoms with Crippen molar-refractivity contribution < 1.29 is 9.18 Å². The zero-order chi connectivity index (χ0) is 14.5. The minimum atomic E-state index is -0.333. The average Bonchev–Trinajstić information content (AvgIpc) is 2.76. The van der Waals surface area contributed by atoms with Crippen molar-refractivity contribution >= 4 is 29.6 Å². The Morgan fingerprint density at radius 2 is 2.30 bits per heavy atom. The van der Waals surface area contributed by atoms with Crippen molar-refractivity contribution in [2.75, 3.05) is 6.54 Å². The number of imidazole rings is 1. The van der Waals surface area contributed by atoms with Crippen molar-refractivity contribution in [1.29, 1.82) is 0 Å². The second-order valence-electron chi connectivity index (χ2n) is 4.61. The van der Waals surface area contributed by atoms with E-state index in [0.29, 0.717) is 23.6 Å². The average molecular weight is 295 g/mol. The lowest BCUT2D eigenvalue weighted by Crippen LogP contribution is -2.28. The van der Waals surface area contributed by atoms with Crippen LogP contribution in [0.2, 0.25) is 0 Å². The van der Waals surface area contributed by atoms with Gasteiger partial charge in [-0.2, -0.15) is 12.6 Å². The summed E-state index contributed by atoms with van der Waals surface area (Å²) in [5, 5.41) is 2.86. The van der Waals surface area contributed by atoms with Gasteiger partial charge in [0.15, 0.2) is 0 Å². The van der Waals surface area contributed by atoms with Crippen molar-refractivity contribution in [3.63, 3.8) is 0 Å². The standard InChI is InChI=1S/C14H18FN3OS/c1-2-3-6-16-14(19)8-18-12-5-4-10(15)7-11(12)17-13(18)9-20/h4-5,7,20H,2-3,6,8-9H2,1H3,(H,16,19). The molecular formula is C14H18FN3OS. The first-order valence-electron chi connectivity index (χ1n) is 6.68. The number of benzene rings is 1. The van der Waals surface area contributed by atoms with Gasteiger partial charge in [0.25, 0.3) is 0 Å². The number of hydrogen-bond donors (Lipinski definition) is 2. The molecule has 4 nitrogen and oxygen atoms in total. The monoisotopic (exact) mass is 295 g/mol. The Kier molecular flexibility index (Phi) is 5.00. The molecule has 0 bridgehead atoms. The number of rotatable bonds is 6. The van der Waals surface area contributed by atoms with Crippen LogP contribution >= 0.6 is 12.6 Å². The number of fused-ring (bicyclic) bond motifs is 1. The van der Waals surface area contributed by atoms with Crippen molar-refractivity contribution in [3.8, 4) is 0 Å². The molecule has 0 aliphatic heterocycles. The van der Waals surface area contributed by atoms with Gasteiger partial charge in [-0.1, -0.05) is 13.3 Å². The number of nitrogens with one attached hydrogen (secondary N) is 1. The van der Waals surface area contributed by atoms with Gasteiger partial charge < -0.3 is 9.88 Å². The molecule has 0 atom stereocenters. The zero-order valence-corrected chi connectivity index (χ0v) is 12.3. The van der Waals surface area contributed by atoms with Gasteiger partial charge in [0.1, 0.15) is 18.2 Å². The maximum Gasteiger partial charge on any atom is 0.240 e. The van der Waals surface area contributed by atoms with Gasteiger partial charge in [0.2, 0.25) is 5.91 Å². The van der Waals surface area contributed by atoms with Gasteiger partial charge in [-0.3, -0.25) is 4.79 Å². The second kappa shape index (κ2) is 6.74. The highest BCUT2D eigenvalue weighted by Gasteiger charge is 2.13. The summed E-state index contributed by atoms with van der Waals surface area (Å²) in [6, 6.07) is 4.38. The number of unbranched alkanes of at least 4 members (excludes halogenated alkanes) is 1. The lowest BCUT2D eigenvalue weighted by Gasteiger charge is -2.08. The van der Waals surface area contributed by atoms with E-state index in [-0.39, 0.29) is 18.3 Å². The Labute approximate surface area is 122 Å². The molecule has 0 radical (unpaired) electrons. The summed E-state index contributed by atoms with van der Waals surface area (Å²) in [5.41, 5.74) is 1.30. The van der Waals surface area contributed by atoms with Crippen LogP contribution in [0.15, 0.2) is 18.2 Å². The molecule has 1 aromatic carbocycles. The fourth-order valence-corrected chi connectivity index (χ4v) is 2.30. The minimum Gasteiger partial charge on any atom is -0.355 e. The molecule has 2 aromatic rings. The summed E-state index contributed by atoms with van der Waals surface area (Å²) in [5.74, 6) is 0.670. The zero-order valence-electron chi connectivity index (χ0n) is 11.4. The molecule has 0 spiro atoms. The van der Waals surface area contributed by atoms with Gasteiger partial charge in [0.05, 0.1) is 11.0 Å². The fraction of sp³-hybridized carbons (Fsp3) is 0.429. The van der Waals surface area contributed by atoms with Crippen molar-refractivity contribution in [2.24, 2.45) is 0 Å². The normalized spacial score (nSPS) is 10.9. The molecule has 6 heteroatoms. The highest BCUT2D eigenvalue weighted by atomic mass is 32.1. The molecule has 0 saturated carbocycles. The number of halogens is 1. The molecule has 1 N–H and O–H groups in total. The Hall–Kier alpha value is -1.56. The third-order valence-electron chi connectivity index (χ3n) is 3.08. The molecule has 0 aliphatic carbocycles. The topological polar surface area (TPSA) is 46.9 Å². The molecule has 1 heterocycles. The third kappa shape index (κ3) is 3.30. The number of amides is 1. The smallest absolute Gasteiger partial charge is 0.240 e. The summed E-state index contributed by atoms with van der Waals surface area (Å²) >= 11 is 4.22. The lowest BCUT2D eigenvalue weighted by molar-refractivity contribution is -0.121. The molecule has 0 saturated heterocycles. The number of aromatic nitrogens is 2. The summed E-state index contributed by atoms with van der Waals surface area (Å²) in [6.07, 6.45) is 2.00. The van der Waals surface area contributed by atoms with Crippen LogP contribution in [0.5, 0.6) is 0 Å². The molecular weight excluding hydrogens is 277 g/mol. The van der Waals surface area contributed by atoms with E-state index < -0.39 is 0 Å². The van der Waals surface area contributed by atoms with E-state index in [1.165, 1.54) is 12.1 Å². The van der Waals surface area contributed by atoms with Crippen molar-refractivity contribution in [3.05, 3.63) is 29.8 Å². The van der Waals surface area contributed by atoms with Crippen molar-refractivity contribution in [2.45, 2.75) is 32.1 Å². The van der Waals surface area contributed by atoms with Gasteiger partial charge >= 0.3 is 0 Å². The predicted molar refractivity (Wildman–Crippen MR) is 80.3 cm³/mol. The summed E-state index contributed by atoms with van der Waals surface area (Å²) < 4.78 is 15.0. The lowest BCUT2D eigenvalue weighted by atomic mass is 10.3. The molecule has 108 valence electrons. The first-order valence-corrected chi connectivity index (χ1v) is 7.31. The number of hydrogen-bond acceptors (Lipinski definition) is 3. The van der Waals surface area contributed by atoms with E-state index in [4.69, 9.17) is 0 Å². The van der Waals surface area contributed by atoms with Crippen LogP contribution in [0.4, 0.5) is 4.39 Å². The predicted octanol–water partition coefficient (Wildman–Crippen LogP) is 2.52. The number of thiol groups is 1. The quantitative estimate of drug-likeness (QED) is 0.635.